The molecule has 0 aromatic heterocycles. The summed E-state index contributed by atoms with van der Waals surface area (Å²) < 4.78 is 17.4. The van der Waals surface area contributed by atoms with Crippen molar-refractivity contribution in [3.63, 3.8) is 0 Å². The number of carbonyl (C=O) groups excluding carboxylic acids is 2. The van der Waals surface area contributed by atoms with E-state index in [0.717, 1.165) is 12.1 Å². The average molecular weight is 246 g/mol. The molecule has 1 N–H and O–H groups in total. The number of amides is 1. The molecule has 0 aliphatic heterocycles. The van der Waals surface area contributed by atoms with Gasteiger partial charge in [0, 0.05) is 0 Å². The van der Waals surface area contributed by atoms with Crippen LogP contribution in [0.3, 0.4) is 0 Å². The standard InChI is InChI=1S/C10H9ClFNO3/c1-16-10(15)7-3-2-6(12)4-8(7)13-9(14)5-11/h2-4H,5H2,1H3,(H,13,14). The van der Waals surface area contributed by atoms with Crippen molar-refractivity contribution in [2.75, 3.05) is 18.3 Å². The quantitative estimate of drug-likeness (QED) is 0.653. The summed E-state index contributed by atoms with van der Waals surface area (Å²) in [4.78, 5) is 22.3. The molecule has 0 fully saturated rings. The smallest absolute Gasteiger partial charge is 0.339 e. The predicted molar refractivity (Wildman–Crippen MR) is 57.1 cm³/mol. The van der Waals surface area contributed by atoms with Crippen LogP contribution in [0.25, 0.3) is 0 Å². The first-order valence-electron chi connectivity index (χ1n) is 4.32. The Morgan fingerprint density at radius 2 is 2.19 bits per heavy atom. The van der Waals surface area contributed by atoms with Gasteiger partial charge in [0.2, 0.25) is 5.91 Å². The molecule has 0 heterocycles. The maximum atomic E-state index is 12.9. The Labute approximate surface area is 96.3 Å². The molecule has 0 aliphatic rings. The van der Waals surface area contributed by atoms with E-state index in [-0.39, 0.29) is 17.1 Å². The fourth-order valence-corrected chi connectivity index (χ4v) is 1.16. The second-order valence-electron chi connectivity index (χ2n) is 2.86. The lowest BCUT2D eigenvalue weighted by molar-refractivity contribution is -0.113. The van der Waals surface area contributed by atoms with Crippen LogP contribution in [0.5, 0.6) is 0 Å². The van der Waals surface area contributed by atoms with E-state index in [4.69, 9.17) is 11.6 Å². The van der Waals surface area contributed by atoms with Crippen LogP contribution in [-0.4, -0.2) is 24.9 Å². The zero-order valence-electron chi connectivity index (χ0n) is 8.42. The first-order valence-corrected chi connectivity index (χ1v) is 4.85. The zero-order valence-corrected chi connectivity index (χ0v) is 9.18. The van der Waals surface area contributed by atoms with Gasteiger partial charge in [0.1, 0.15) is 11.7 Å². The molecule has 86 valence electrons. The highest BCUT2D eigenvalue weighted by molar-refractivity contribution is 6.29. The number of hydrogen-bond donors (Lipinski definition) is 1. The van der Waals surface area contributed by atoms with Crippen molar-refractivity contribution in [3.8, 4) is 0 Å². The summed E-state index contributed by atoms with van der Waals surface area (Å²) >= 11 is 5.29. The van der Waals surface area contributed by atoms with Gasteiger partial charge < -0.3 is 10.1 Å². The van der Waals surface area contributed by atoms with Crippen molar-refractivity contribution in [2.45, 2.75) is 0 Å². The lowest BCUT2D eigenvalue weighted by Gasteiger charge is -2.08. The first kappa shape index (κ1) is 12.4. The Hall–Kier alpha value is -1.62. The normalized spacial score (nSPS) is 9.69. The highest BCUT2D eigenvalue weighted by Gasteiger charge is 2.14. The van der Waals surface area contributed by atoms with E-state index in [1.165, 1.54) is 13.2 Å². The van der Waals surface area contributed by atoms with Crippen LogP contribution >= 0.6 is 11.6 Å². The van der Waals surface area contributed by atoms with Crippen molar-refractivity contribution in [1.29, 1.82) is 0 Å². The van der Waals surface area contributed by atoms with E-state index in [0.29, 0.717) is 0 Å². The third-order valence-electron chi connectivity index (χ3n) is 1.78. The Bertz CT molecular complexity index is 423. The fraction of sp³-hybridized carbons (Fsp3) is 0.200. The summed E-state index contributed by atoms with van der Waals surface area (Å²) in [6, 6.07) is 3.35. The highest BCUT2D eigenvalue weighted by atomic mass is 35.5. The maximum Gasteiger partial charge on any atom is 0.339 e. The molecule has 0 radical (unpaired) electrons. The van der Waals surface area contributed by atoms with Gasteiger partial charge in [-0.05, 0) is 18.2 Å². The van der Waals surface area contributed by atoms with Crippen LogP contribution < -0.4 is 5.32 Å². The summed E-state index contributed by atoms with van der Waals surface area (Å²) in [7, 11) is 1.19. The number of halogens is 2. The molecule has 6 heteroatoms. The SMILES string of the molecule is COC(=O)c1ccc(F)cc1NC(=O)CCl. The molecular weight excluding hydrogens is 237 g/mol. The van der Waals surface area contributed by atoms with Gasteiger partial charge in [-0.3, -0.25) is 4.79 Å². The van der Waals surface area contributed by atoms with Gasteiger partial charge in [-0.25, -0.2) is 9.18 Å². The van der Waals surface area contributed by atoms with Crippen LogP contribution in [-0.2, 0) is 9.53 Å². The van der Waals surface area contributed by atoms with Gasteiger partial charge in [0.05, 0.1) is 18.4 Å². The number of esters is 1. The van der Waals surface area contributed by atoms with E-state index in [9.17, 15) is 14.0 Å². The molecule has 0 unspecified atom stereocenters. The van der Waals surface area contributed by atoms with E-state index in [1.807, 2.05) is 0 Å². The first-order chi connectivity index (χ1) is 7.58. The summed E-state index contributed by atoms with van der Waals surface area (Å²) in [5.41, 5.74) is 0.111. The monoisotopic (exact) mass is 245 g/mol. The minimum absolute atomic E-state index is 0.0394. The second kappa shape index (κ2) is 5.46. The van der Waals surface area contributed by atoms with Crippen molar-refractivity contribution >= 4 is 29.2 Å². The molecule has 1 aromatic carbocycles. The van der Waals surface area contributed by atoms with E-state index >= 15 is 0 Å². The number of anilines is 1. The number of hydrogen-bond acceptors (Lipinski definition) is 3. The minimum atomic E-state index is -0.662. The lowest BCUT2D eigenvalue weighted by atomic mass is 10.1. The van der Waals surface area contributed by atoms with Crippen molar-refractivity contribution < 1.29 is 18.7 Å². The topological polar surface area (TPSA) is 55.4 Å². The number of alkyl halides is 1. The molecule has 4 nitrogen and oxygen atoms in total. The third kappa shape index (κ3) is 2.93. The molecule has 0 saturated heterocycles. The Morgan fingerprint density at radius 1 is 1.50 bits per heavy atom. The minimum Gasteiger partial charge on any atom is -0.465 e. The molecule has 0 bridgehead atoms. The summed E-state index contributed by atoms with van der Waals surface area (Å²) in [5, 5.41) is 2.30. The molecule has 0 saturated carbocycles. The van der Waals surface area contributed by atoms with Crippen LogP contribution in [0.1, 0.15) is 10.4 Å². The maximum absolute atomic E-state index is 12.9. The Kier molecular flexibility index (Phi) is 4.25. The van der Waals surface area contributed by atoms with Gasteiger partial charge in [0.25, 0.3) is 0 Å². The molecule has 16 heavy (non-hydrogen) atoms. The highest BCUT2D eigenvalue weighted by Crippen LogP contribution is 2.18. The number of ether oxygens (including phenoxy) is 1. The van der Waals surface area contributed by atoms with E-state index < -0.39 is 17.7 Å². The molecule has 1 aromatic rings. The van der Waals surface area contributed by atoms with Crippen LogP contribution in [0.2, 0.25) is 0 Å². The molecular formula is C10H9ClFNO3. The number of carbonyl (C=O) groups is 2. The summed E-state index contributed by atoms with van der Waals surface area (Å²) in [5.74, 6) is -2.04. The average Bonchev–Trinajstić information content (AvgIpc) is 2.28. The summed E-state index contributed by atoms with van der Waals surface area (Å²) in [6.45, 7) is 0. The molecule has 1 amide bonds. The zero-order chi connectivity index (χ0) is 12.1. The predicted octanol–water partition coefficient (Wildman–Crippen LogP) is 1.79. The molecule has 0 aliphatic carbocycles. The van der Waals surface area contributed by atoms with Crippen LogP contribution in [0.15, 0.2) is 18.2 Å². The number of benzene rings is 1. The number of methoxy groups -OCH3 is 1. The molecule has 0 spiro atoms. The van der Waals surface area contributed by atoms with Crippen LogP contribution in [0, 0.1) is 5.82 Å². The van der Waals surface area contributed by atoms with Gasteiger partial charge in [-0.2, -0.15) is 0 Å². The lowest BCUT2D eigenvalue weighted by Crippen LogP contribution is -2.16. The second-order valence-corrected chi connectivity index (χ2v) is 3.13. The van der Waals surface area contributed by atoms with Gasteiger partial charge in [-0.1, -0.05) is 0 Å². The van der Waals surface area contributed by atoms with Crippen molar-refractivity contribution in [2.24, 2.45) is 0 Å². The largest absolute Gasteiger partial charge is 0.465 e. The van der Waals surface area contributed by atoms with Gasteiger partial charge >= 0.3 is 5.97 Å². The van der Waals surface area contributed by atoms with Crippen molar-refractivity contribution in [3.05, 3.63) is 29.6 Å². The van der Waals surface area contributed by atoms with Gasteiger partial charge in [-0.15, -0.1) is 11.6 Å². The van der Waals surface area contributed by atoms with E-state index in [1.54, 1.807) is 0 Å². The number of nitrogens with one attached hydrogen (secondary N) is 1. The molecule has 1 rings (SSSR count). The van der Waals surface area contributed by atoms with Crippen LogP contribution in [0.4, 0.5) is 10.1 Å². The Morgan fingerprint density at radius 3 is 2.75 bits per heavy atom. The van der Waals surface area contributed by atoms with Crippen molar-refractivity contribution in [1.82, 2.24) is 0 Å². The van der Waals surface area contributed by atoms with Gasteiger partial charge in [0.15, 0.2) is 0 Å². The fourth-order valence-electron chi connectivity index (χ4n) is 1.09. The third-order valence-corrected chi connectivity index (χ3v) is 2.03. The summed E-state index contributed by atoms with van der Waals surface area (Å²) in [6.07, 6.45) is 0. The molecule has 0 atom stereocenters. The van der Waals surface area contributed by atoms with E-state index in [2.05, 4.69) is 10.1 Å². The number of rotatable bonds is 3. The Balaban J connectivity index is 3.08.